The summed E-state index contributed by atoms with van der Waals surface area (Å²) in [7, 11) is 0. The zero-order valence-electron chi connectivity index (χ0n) is 10.9. The lowest BCUT2D eigenvalue weighted by molar-refractivity contribution is 0.312. The summed E-state index contributed by atoms with van der Waals surface area (Å²) in [6, 6.07) is 6.23. The van der Waals surface area contributed by atoms with Crippen molar-refractivity contribution in [2.24, 2.45) is 0 Å². The second-order valence-electron chi connectivity index (χ2n) is 3.74. The average molecular weight is 262 g/mol. The van der Waals surface area contributed by atoms with E-state index in [9.17, 15) is 4.39 Å². The lowest BCUT2D eigenvalue weighted by atomic mass is 10.2. The molecule has 0 radical (unpaired) electrons. The van der Waals surface area contributed by atoms with Gasteiger partial charge >= 0.3 is 6.01 Å². The van der Waals surface area contributed by atoms with Gasteiger partial charge in [-0.25, -0.2) is 4.39 Å². The molecule has 0 aliphatic heterocycles. The topological polar surface area (TPSA) is 59.9 Å². The van der Waals surface area contributed by atoms with Gasteiger partial charge in [-0.15, -0.1) is 0 Å². The monoisotopic (exact) mass is 262 g/mol. The van der Waals surface area contributed by atoms with Crippen LogP contribution in [-0.4, -0.2) is 28.1 Å². The molecule has 0 saturated carbocycles. The number of hydrogen-bond acceptors (Lipinski definition) is 5. The highest BCUT2D eigenvalue weighted by Crippen LogP contribution is 2.19. The highest BCUT2D eigenvalue weighted by atomic mass is 19.1. The third kappa shape index (κ3) is 3.37. The molecule has 0 amide bonds. The second kappa shape index (κ2) is 6.08. The van der Waals surface area contributed by atoms with E-state index in [4.69, 9.17) is 4.74 Å². The number of ether oxygens (including phenoxy) is 1. The summed E-state index contributed by atoms with van der Waals surface area (Å²) in [4.78, 5) is 12.6. The molecule has 0 fully saturated rings. The minimum atomic E-state index is -0.297. The van der Waals surface area contributed by atoms with Crippen LogP contribution >= 0.6 is 0 Å². The van der Waals surface area contributed by atoms with E-state index < -0.39 is 0 Å². The number of halogens is 1. The highest BCUT2D eigenvalue weighted by molar-refractivity contribution is 5.56. The Balaban J connectivity index is 2.40. The molecule has 1 aromatic carbocycles. The summed E-state index contributed by atoms with van der Waals surface area (Å²) in [5.74, 6) is 0.601. The zero-order valence-corrected chi connectivity index (χ0v) is 10.9. The van der Waals surface area contributed by atoms with Gasteiger partial charge in [-0.1, -0.05) is 0 Å². The van der Waals surface area contributed by atoms with Crippen LogP contribution in [0.2, 0.25) is 0 Å². The fraction of sp³-hybridized carbons (Fsp3) is 0.308. The van der Waals surface area contributed by atoms with Crippen LogP contribution in [0.1, 0.15) is 13.8 Å². The van der Waals surface area contributed by atoms with Crippen LogP contribution in [0.5, 0.6) is 6.01 Å². The van der Waals surface area contributed by atoms with Gasteiger partial charge in [-0.2, -0.15) is 15.0 Å². The Morgan fingerprint density at radius 1 is 1.11 bits per heavy atom. The van der Waals surface area contributed by atoms with Gasteiger partial charge in [0.05, 0.1) is 6.61 Å². The highest BCUT2D eigenvalue weighted by Gasteiger charge is 2.08. The first-order valence-corrected chi connectivity index (χ1v) is 6.11. The van der Waals surface area contributed by atoms with E-state index in [-0.39, 0.29) is 11.8 Å². The predicted octanol–water partition coefficient (Wildman–Crippen LogP) is 2.51. The third-order valence-electron chi connectivity index (χ3n) is 2.33. The van der Waals surface area contributed by atoms with E-state index in [0.717, 1.165) is 0 Å². The lowest BCUT2D eigenvalue weighted by Crippen LogP contribution is -2.07. The molecule has 2 rings (SSSR count). The Morgan fingerprint density at radius 3 is 2.47 bits per heavy atom. The molecular formula is C13H15FN4O. The molecule has 0 aliphatic rings. The van der Waals surface area contributed by atoms with E-state index in [1.165, 1.54) is 12.1 Å². The number of hydrogen-bond donors (Lipinski definition) is 1. The van der Waals surface area contributed by atoms with Crippen molar-refractivity contribution in [3.05, 3.63) is 30.1 Å². The second-order valence-corrected chi connectivity index (χ2v) is 3.74. The molecule has 0 spiro atoms. The quantitative estimate of drug-likeness (QED) is 0.897. The summed E-state index contributed by atoms with van der Waals surface area (Å²) in [6.07, 6.45) is 0. The molecule has 1 N–H and O–H groups in total. The third-order valence-corrected chi connectivity index (χ3v) is 2.33. The van der Waals surface area contributed by atoms with E-state index in [2.05, 4.69) is 20.3 Å². The van der Waals surface area contributed by atoms with Crippen molar-refractivity contribution in [3.8, 4) is 17.4 Å². The van der Waals surface area contributed by atoms with Gasteiger partial charge in [0.25, 0.3) is 0 Å². The van der Waals surface area contributed by atoms with Gasteiger partial charge in [-0.05, 0) is 38.1 Å². The molecule has 5 nitrogen and oxygen atoms in total. The minimum absolute atomic E-state index is 0.257. The van der Waals surface area contributed by atoms with Crippen molar-refractivity contribution in [3.63, 3.8) is 0 Å². The van der Waals surface area contributed by atoms with Crippen LogP contribution in [0.4, 0.5) is 10.3 Å². The number of benzene rings is 1. The maximum atomic E-state index is 12.9. The predicted molar refractivity (Wildman–Crippen MR) is 70.6 cm³/mol. The minimum Gasteiger partial charge on any atom is -0.464 e. The fourth-order valence-electron chi connectivity index (χ4n) is 1.52. The van der Waals surface area contributed by atoms with Gasteiger partial charge in [0.1, 0.15) is 5.82 Å². The summed E-state index contributed by atoms with van der Waals surface area (Å²) in [6.45, 7) is 4.97. The van der Waals surface area contributed by atoms with Crippen LogP contribution in [0, 0.1) is 5.82 Å². The number of anilines is 1. The molecule has 0 atom stereocenters. The Kier molecular flexibility index (Phi) is 4.22. The average Bonchev–Trinajstić information content (AvgIpc) is 2.40. The summed E-state index contributed by atoms with van der Waals surface area (Å²) in [5.41, 5.74) is 0.712. The van der Waals surface area contributed by atoms with Crippen LogP contribution in [0.15, 0.2) is 24.3 Å². The molecule has 19 heavy (non-hydrogen) atoms. The fourth-order valence-corrected chi connectivity index (χ4v) is 1.52. The maximum Gasteiger partial charge on any atom is 0.321 e. The smallest absolute Gasteiger partial charge is 0.321 e. The molecule has 2 aromatic rings. The maximum absolute atomic E-state index is 12.9. The van der Waals surface area contributed by atoms with E-state index >= 15 is 0 Å². The molecule has 0 unspecified atom stereocenters. The molecule has 0 saturated heterocycles. The Bertz CT molecular complexity index is 521. The zero-order chi connectivity index (χ0) is 13.7. The van der Waals surface area contributed by atoms with Crippen molar-refractivity contribution in [2.45, 2.75) is 13.8 Å². The van der Waals surface area contributed by atoms with E-state index in [1.54, 1.807) is 12.1 Å². The van der Waals surface area contributed by atoms with Crippen molar-refractivity contribution >= 4 is 5.95 Å². The van der Waals surface area contributed by atoms with Crippen molar-refractivity contribution in [1.82, 2.24) is 15.0 Å². The summed E-state index contributed by atoms with van der Waals surface area (Å²) >= 11 is 0. The van der Waals surface area contributed by atoms with Crippen LogP contribution in [0.25, 0.3) is 11.4 Å². The summed E-state index contributed by atoms with van der Waals surface area (Å²) < 4.78 is 18.2. The number of nitrogens with zero attached hydrogens (tertiary/aromatic N) is 3. The first-order valence-electron chi connectivity index (χ1n) is 6.11. The molecular weight excluding hydrogens is 247 g/mol. The first-order chi connectivity index (χ1) is 9.22. The number of nitrogens with one attached hydrogen (secondary N) is 1. The van der Waals surface area contributed by atoms with E-state index in [0.29, 0.717) is 30.5 Å². The lowest BCUT2D eigenvalue weighted by Gasteiger charge is -2.07. The van der Waals surface area contributed by atoms with Gasteiger partial charge in [0.2, 0.25) is 5.95 Å². The largest absolute Gasteiger partial charge is 0.464 e. The molecule has 1 heterocycles. The number of rotatable bonds is 5. The molecule has 0 bridgehead atoms. The Labute approximate surface area is 110 Å². The number of aromatic nitrogens is 3. The van der Waals surface area contributed by atoms with E-state index in [1.807, 2.05) is 13.8 Å². The van der Waals surface area contributed by atoms with Gasteiger partial charge in [0, 0.05) is 12.1 Å². The van der Waals surface area contributed by atoms with Crippen molar-refractivity contribution in [1.29, 1.82) is 0 Å². The molecule has 1 aromatic heterocycles. The molecule has 0 aliphatic carbocycles. The van der Waals surface area contributed by atoms with Gasteiger partial charge in [-0.3, -0.25) is 0 Å². The standard InChI is InChI=1S/C13H15FN4O/c1-3-15-12-16-11(17-13(18-12)19-4-2)9-5-7-10(14)8-6-9/h5-8H,3-4H2,1-2H3,(H,15,16,17,18). The summed E-state index contributed by atoms with van der Waals surface area (Å²) in [5, 5.41) is 3.01. The van der Waals surface area contributed by atoms with Crippen molar-refractivity contribution < 1.29 is 9.13 Å². The van der Waals surface area contributed by atoms with Crippen LogP contribution < -0.4 is 10.1 Å². The Hall–Kier alpha value is -2.24. The normalized spacial score (nSPS) is 10.3. The first kappa shape index (κ1) is 13.2. The van der Waals surface area contributed by atoms with Gasteiger partial charge in [0.15, 0.2) is 5.82 Å². The Morgan fingerprint density at radius 2 is 1.84 bits per heavy atom. The molecule has 100 valence electrons. The SMILES string of the molecule is CCNc1nc(OCC)nc(-c2ccc(F)cc2)n1. The molecule has 6 heteroatoms. The van der Waals surface area contributed by atoms with Gasteiger partial charge < -0.3 is 10.1 Å². The van der Waals surface area contributed by atoms with Crippen molar-refractivity contribution in [2.75, 3.05) is 18.5 Å². The van der Waals surface area contributed by atoms with Crippen LogP contribution in [-0.2, 0) is 0 Å². The van der Waals surface area contributed by atoms with Crippen LogP contribution in [0.3, 0.4) is 0 Å².